The maximum absolute atomic E-state index is 13.4. The second kappa shape index (κ2) is 12.0. The molecule has 5 rings (SSSR count). The quantitative estimate of drug-likeness (QED) is 0.521. The van der Waals surface area contributed by atoms with Crippen molar-refractivity contribution in [3.05, 3.63) is 71.3 Å². The van der Waals surface area contributed by atoms with Crippen LogP contribution in [-0.2, 0) is 17.6 Å². The van der Waals surface area contributed by atoms with E-state index in [1.165, 1.54) is 16.7 Å². The summed E-state index contributed by atoms with van der Waals surface area (Å²) in [5.41, 5.74) is 5.04. The molecule has 1 N–H and O–H groups in total. The van der Waals surface area contributed by atoms with Crippen LogP contribution >= 0.6 is 0 Å². The van der Waals surface area contributed by atoms with Gasteiger partial charge in [-0.15, -0.1) is 0 Å². The molecule has 2 aliphatic heterocycles. The van der Waals surface area contributed by atoms with Gasteiger partial charge in [-0.1, -0.05) is 48.6 Å². The van der Waals surface area contributed by atoms with E-state index in [-0.39, 0.29) is 18.5 Å². The predicted octanol–water partition coefficient (Wildman–Crippen LogP) is 5.47. The van der Waals surface area contributed by atoms with Crippen molar-refractivity contribution in [2.45, 2.75) is 57.4 Å². The molecule has 3 aliphatic rings. The van der Waals surface area contributed by atoms with Crippen molar-refractivity contribution in [1.29, 1.82) is 0 Å². The monoisotopic (exact) mass is 501 g/mol. The lowest BCUT2D eigenvalue weighted by Gasteiger charge is -2.34. The average molecular weight is 502 g/mol. The van der Waals surface area contributed by atoms with Crippen LogP contribution in [0.25, 0.3) is 6.08 Å². The number of fused-ring (bicyclic) bond motifs is 1. The molecule has 2 aromatic carbocycles. The van der Waals surface area contributed by atoms with E-state index in [0.717, 1.165) is 83.4 Å². The van der Waals surface area contributed by atoms with Gasteiger partial charge in [-0.2, -0.15) is 0 Å². The molecule has 6 heteroatoms. The van der Waals surface area contributed by atoms with E-state index in [0.29, 0.717) is 5.92 Å². The third kappa shape index (κ3) is 6.42. The summed E-state index contributed by atoms with van der Waals surface area (Å²) in [7, 11) is 0. The number of anilines is 1. The Morgan fingerprint density at radius 1 is 0.919 bits per heavy atom. The molecule has 0 radical (unpaired) electrons. The van der Waals surface area contributed by atoms with Crippen molar-refractivity contribution in [2.24, 2.45) is 5.92 Å². The zero-order chi connectivity index (χ0) is 25.6. The second-order valence-electron chi connectivity index (χ2n) is 10.8. The van der Waals surface area contributed by atoms with Crippen LogP contribution in [-0.4, -0.2) is 65.7 Å². The molecule has 1 aliphatic carbocycles. The van der Waals surface area contributed by atoms with Crippen molar-refractivity contribution in [1.82, 2.24) is 9.80 Å². The smallest absolute Gasteiger partial charge is 0.324 e. The van der Waals surface area contributed by atoms with Crippen molar-refractivity contribution in [3.8, 4) is 0 Å². The van der Waals surface area contributed by atoms with Gasteiger partial charge in [0.05, 0.1) is 0 Å². The van der Waals surface area contributed by atoms with Gasteiger partial charge in [0.15, 0.2) is 0 Å². The summed E-state index contributed by atoms with van der Waals surface area (Å²) in [6.07, 6.45) is 11.6. The van der Waals surface area contributed by atoms with Crippen LogP contribution in [0.15, 0.2) is 54.6 Å². The van der Waals surface area contributed by atoms with Crippen LogP contribution < -0.4 is 4.90 Å². The molecule has 37 heavy (non-hydrogen) atoms. The molecule has 0 spiro atoms. The maximum Gasteiger partial charge on any atom is 0.324 e. The molecule has 1 saturated heterocycles. The summed E-state index contributed by atoms with van der Waals surface area (Å²) in [5, 5.41) is 8.95. The molecule has 196 valence electrons. The van der Waals surface area contributed by atoms with Gasteiger partial charge in [0.25, 0.3) is 0 Å². The molecule has 0 bridgehead atoms. The van der Waals surface area contributed by atoms with E-state index in [1.54, 1.807) is 0 Å². The third-order valence-electron chi connectivity index (χ3n) is 8.43. The Bertz CT molecular complexity index is 1110. The van der Waals surface area contributed by atoms with E-state index < -0.39 is 5.97 Å². The summed E-state index contributed by atoms with van der Waals surface area (Å²) < 4.78 is 0. The minimum atomic E-state index is -0.708. The Labute approximate surface area is 220 Å². The molecule has 2 heterocycles. The number of nitrogens with zero attached hydrogens (tertiary/aromatic N) is 3. The van der Waals surface area contributed by atoms with Crippen LogP contribution in [0.4, 0.5) is 10.5 Å². The number of carbonyl (C=O) groups excluding carboxylic acids is 1. The minimum Gasteiger partial charge on any atom is -0.481 e. The number of urea groups is 1. The highest BCUT2D eigenvalue weighted by Crippen LogP contribution is 2.33. The molecular formula is C31H39N3O3. The molecule has 2 aromatic rings. The number of hydrogen-bond acceptors (Lipinski definition) is 3. The summed E-state index contributed by atoms with van der Waals surface area (Å²) >= 11 is 0. The molecule has 0 unspecified atom stereocenters. The van der Waals surface area contributed by atoms with Crippen molar-refractivity contribution < 1.29 is 14.7 Å². The van der Waals surface area contributed by atoms with Crippen LogP contribution in [0.2, 0.25) is 0 Å². The molecule has 2 fully saturated rings. The van der Waals surface area contributed by atoms with Crippen LogP contribution in [0, 0.1) is 5.92 Å². The fraction of sp³-hybridized carbons (Fsp3) is 0.484. The maximum atomic E-state index is 13.4. The second-order valence-corrected chi connectivity index (χ2v) is 10.8. The normalized spacial score (nSPS) is 22.9. The lowest BCUT2D eigenvalue weighted by atomic mass is 9.83. The number of aliphatic carboxylic acids is 1. The van der Waals surface area contributed by atoms with Crippen LogP contribution in [0.3, 0.4) is 0 Å². The number of hydrogen-bond donors (Lipinski definition) is 1. The number of benzene rings is 2. The van der Waals surface area contributed by atoms with Gasteiger partial charge in [0.1, 0.15) is 0 Å². The molecule has 2 amide bonds. The van der Waals surface area contributed by atoms with Crippen molar-refractivity contribution in [2.75, 3.05) is 37.6 Å². The standard InChI is InChI=1S/C31H39N3O3/c35-30(36)15-10-25-8-12-28(13-9-25)33-21-22-34(31(33)37)29-14-11-26-16-19-32(20-17-27(26)23-29)18-4-7-24-5-2-1-3-6-24/h1-7,11,14,23,25,28H,8-10,12-13,15-22H2,(H,35,36)/b7-4+. The van der Waals surface area contributed by atoms with E-state index in [1.807, 2.05) is 11.0 Å². The van der Waals surface area contributed by atoms with Gasteiger partial charge < -0.3 is 10.0 Å². The number of carboxylic acids is 1. The van der Waals surface area contributed by atoms with E-state index >= 15 is 0 Å². The lowest BCUT2D eigenvalue weighted by molar-refractivity contribution is -0.137. The zero-order valence-corrected chi connectivity index (χ0v) is 21.7. The van der Waals surface area contributed by atoms with Gasteiger partial charge >= 0.3 is 12.0 Å². The van der Waals surface area contributed by atoms with Gasteiger partial charge in [-0.05, 0) is 79.7 Å². The Morgan fingerprint density at radius 3 is 2.43 bits per heavy atom. The highest BCUT2D eigenvalue weighted by molar-refractivity contribution is 5.94. The van der Waals surface area contributed by atoms with E-state index in [9.17, 15) is 9.59 Å². The molecular weight excluding hydrogens is 462 g/mol. The molecule has 1 saturated carbocycles. The van der Waals surface area contributed by atoms with Crippen molar-refractivity contribution >= 4 is 23.8 Å². The highest BCUT2D eigenvalue weighted by Gasteiger charge is 2.36. The summed E-state index contributed by atoms with van der Waals surface area (Å²) in [4.78, 5) is 30.8. The van der Waals surface area contributed by atoms with E-state index in [4.69, 9.17) is 5.11 Å². The Balaban J connectivity index is 1.15. The minimum absolute atomic E-state index is 0.134. The van der Waals surface area contributed by atoms with E-state index in [2.05, 4.69) is 64.4 Å². The van der Waals surface area contributed by atoms with Gasteiger partial charge in [-0.3, -0.25) is 14.6 Å². The topological polar surface area (TPSA) is 64.1 Å². The van der Waals surface area contributed by atoms with Crippen LogP contribution in [0.1, 0.15) is 55.2 Å². The summed E-state index contributed by atoms with van der Waals surface area (Å²) in [6, 6.07) is 17.5. The molecule has 0 aromatic heterocycles. The first-order valence-corrected chi connectivity index (χ1v) is 13.9. The van der Waals surface area contributed by atoms with Gasteiger partial charge in [-0.25, -0.2) is 4.79 Å². The predicted molar refractivity (Wildman–Crippen MR) is 148 cm³/mol. The fourth-order valence-electron chi connectivity index (χ4n) is 6.22. The Morgan fingerprint density at radius 2 is 1.68 bits per heavy atom. The number of amides is 2. The van der Waals surface area contributed by atoms with Gasteiger partial charge in [0.2, 0.25) is 0 Å². The number of rotatable bonds is 8. The fourth-order valence-corrected chi connectivity index (χ4v) is 6.22. The first kappa shape index (κ1) is 25.5. The average Bonchev–Trinajstić information content (AvgIpc) is 3.18. The zero-order valence-electron chi connectivity index (χ0n) is 21.7. The third-order valence-corrected chi connectivity index (χ3v) is 8.43. The summed E-state index contributed by atoms with van der Waals surface area (Å²) in [6.45, 7) is 4.56. The number of carbonyl (C=O) groups is 2. The van der Waals surface area contributed by atoms with Crippen LogP contribution in [0.5, 0.6) is 0 Å². The first-order valence-electron chi connectivity index (χ1n) is 13.9. The highest BCUT2D eigenvalue weighted by atomic mass is 16.4. The Hall–Kier alpha value is -3.12. The summed E-state index contributed by atoms with van der Waals surface area (Å²) in [5.74, 6) is -0.222. The largest absolute Gasteiger partial charge is 0.481 e. The Kier molecular flexibility index (Phi) is 8.24. The number of carboxylic acid groups (broad SMARTS) is 1. The molecule has 0 atom stereocenters. The SMILES string of the molecule is O=C(O)CCC1CCC(N2CCN(c3ccc4c(c3)CCN(C/C=C/c3ccccc3)CC4)C2=O)CC1. The van der Waals surface area contributed by atoms with Crippen molar-refractivity contribution in [3.63, 3.8) is 0 Å². The van der Waals surface area contributed by atoms with Gasteiger partial charge in [0, 0.05) is 50.9 Å². The lowest BCUT2D eigenvalue weighted by Crippen LogP contribution is -2.41. The first-order chi connectivity index (χ1) is 18.1. The molecule has 6 nitrogen and oxygen atoms in total.